The van der Waals surface area contributed by atoms with E-state index in [-0.39, 0.29) is 11.5 Å². The van der Waals surface area contributed by atoms with Gasteiger partial charge < -0.3 is 4.74 Å². The molecule has 1 aromatic rings. The summed E-state index contributed by atoms with van der Waals surface area (Å²) in [4.78, 5) is 0.311. The Balaban J connectivity index is 1.23. The lowest BCUT2D eigenvalue weighted by atomic mass is 9.47. The van der Waals surface area contributed by atoms with Crippen LogP contribution in [0.1, 0.15) is 105 Å². The lowest BCUT2D eigenvalue weighted by Gasteiger charge is -2.58. The molecule has 4 heteroatoms. The average molecular weight is 553 g/mol. The van der Waals surface area contributed by atoms with Crippen LogP contribution in [-0.2, 0) is 14.6 Å². The maximum Gasteiger partial charge on any atom is 0.202 e. The summed E-state index contributed by atoms with van der Waals surface area (Å²) in [7, 11) is -3.47. The zero-order valence-corrected chi connectivity index (χ0v) is 25.9. The van der Waals surface area contributed by atoms with Gasteiger partial charge in [0.1, 0.15) is 6.10 Å². The average Bonchev–Trinajstić information content (AvgIpc) is 3.26. The highest BCUT2D eigenvalue weighted by Gasteiger charge is 2.59. The molecule has 3 saturated carbocycles. The fourth-order valence-electron chi connectivity index (χ4n) is 9.67. The maximum absolute atomic E-state index is 12.6. The van der Waals surface area contributed by atoms with E-state index in [1.165, 1.54) is 63.0 Å². The number of hydrogen-bond acceptors (Lipinski definition) is 3. The lowest BCUT2D eigenvalue weighted by Crippen LogP contribution is -2.50. The van der Waals surface area contributed by atoms with E-state index in [1.54, 1.807) is 29.8 Å². The molecular weight excluding hydrogens is 500 g/mol. The number of fused-ring (bicyclic) bond motifs is 5. The van der Waals surface area contributed by atoms with E-state index in [0.717, 1.165) is 54.8 Å². The third-order valence-electron chi connectivity index (χ3n) is 11.8. The molecule has 0 amide bonds. The van der Waals surface area contributed by atoms with Crippen molar-refractivity contribution < 1.29 is 13.2 Å². The van der Waals surface area contributed by atoms with Crippen molar-refractivity contribution in [2.75, 3.05) is 0 Å². The number of sulfone groups is 1. The molecule has 0 aromatic heterocycles. The van der Waals surface area contributed by atoms with Gasteiger partial charge in [0.15, 0.2) is 0 Å². The van der Waals surface area contributed by atoms with Crippen molar-refractivity contribution >= 4 is 9.84 Å². The molecule has 0 spiro atoms. The fraction of sp³-hybridized carbons (Fsp3) is 0.714. The van der Waals surface area contributed by atoms with E-state index in [0.29, 0.717) is 10.3 Å². The highest BCUT2D eigenvalue weighted by molar-refractivity contribution is 7.94. The number of benzene rings is 1. The molecule has 4 aliphatic carbocycles. The molecule has 0 saturated heterocycles. The summed E-state index contributed by atoms with van der Waals surface area (Å²) in [6.45, 7) is 12.5. The van der Waals surface area contributed by atoms with Gasteiger partial charge in [-0.15, -0.1) is 0 Å². The number of hydrogen-bond donors (Lipinski definition) is 0. The topological polar surface area (TPSA) is 43.4 Å². The van der Waals surface area contributed by atoms with Gasteiger partial charge in [-0.25, -0.2) is 8.42 Å². The summed E-state index contributed by atoms with van der Waals surface area (Å²) in [6.07, 6.45) is 18.2. The lowest BCUT2D eigenvalue weighted by molar-refractivity contribution is -0.0580. The Morgan fingerprint density at radius 3 is 2.49 bits per heavy atom. The summed E-state index contributed by atoms with van der Waals surface area (Å²) in [5, 5.41) is 1.23. The van der Waals surface area contributed by atoms with Crippen LogP contribution in [0, 0.1) is 46.3 Å². The molecule has 0 bridgehead atoms. The van der Waals surface area contributed by atoms with Gasteiger partial charge in [-0.3, -0.25) is 0 Å². The first-order valence-corrected chi connectivity index (χ1v) is 17.4. The van der Waals surface area contributed by atoms with Crippen molar-refractivity contribution in [3.8, 4) is 0 Å². The van der Waals surface area contributed by atoms with Gasteiger partial charge in [0.25, 0.3) is 0 Å². The summed E-state index contributed by atoms with van der Waals surface area (Å²) in [5.74, 6) is 5.08. The molecule has 3 nitrogen and oxygen atoms in total. The smallest absolute Gasteiger partial charge is 0.202 e. The zero-order valence-electron chi connectivity index (χ0n) is 25.1. The third-order valence-corrected chi connectivity index (χ3v) is 13.2. The first-order valence-electron chi connectivity index (χ1n) is 15.9. The quantitative estimate of drug-likeness (QED) is 0.226. The molecule has 216 valence electrons. The van der Waals surface area contributed by atoms with E-state index in [2.05, 4.69) is 40.7 Å². The third kappa shape index (κ3) is 5.66. The van der Waals surface area contributed by atoms with Crippen molar-refractivity contribution in [2.45, 2.75) is 116 Å². The van der Waals surface area contributed by atoms with E-state index >= 15 is 0 Å². The minimum atomic E-state index is -3.47. The van der Waals surface area contributed by atoms with Gasteiger partial charge in [0, 0.05) is 6.42 Å². The first kappa shape index (κ1) is 29.0. The van der Waals surface area contributed by atoms with E-state index < -0.39 is 9.84 Å². The van der Waals surface area contributed by atoms with Crippen LogP contribution in [0.3, 0.4) is 0 Å². The molecule has 1 aromatic carbocycles. The second-order valence-electron chi connectivity index (χ2n) is 14.4. The van der Waals surface area contributed by atoms with Gasteiger partial charge in [-0.2, -0.15) is 0 Å². The molecule has 8 atom stereocenters. The molecule has 0 heterocycles. The zero-order chi connectivity index (χ0) is 27.8. The van der Waals surface area contributed by atoms with Crippen LogP contribution >= 0.6 is 0 Å². The largest absolute Gasteiger partial charge is 0.497 e. The first-order chi connectivity index (χ1) is 18.5. The number of ether oxygens (including phenoxy) is 1. The highest BCUT2D eigenvalue weighted by Crippen LogP contribution is 2.67. The van der Waals surface area contributed by atoms with Gasteiger partial charge >= 0.3 is 0 Å². The number of rotatable bonds is 9. The second kappa shape index (κ2) is 11.4. The summed E-state index contributed by atoms with van der Waals surface area (Å²) in [6, 6.07) is 8.59. The summed E-state index contributed by atoms with van der Waals surface area (Å²) < 4.78 is 31.2. The van der Waals surface area contributed by atoms with Gasteiger partial charge in [-0.05, 0) is 103 Å². The molecule has 3 fully saturated rings. The predicted molar refractivity (Wildman–Crippen MR) is 161 cm³/mol. The number of allylic oxidation sites excluding steroid dienone is 1. The molecular formula is C35H52O3S. The van der Waals surface area contributed by atoms with Crippen LogP contribution in [0.15, 0.2) is 58.5 Å². The van der Waals surface area contributed by atoms with Crippen LogP contribution in [0.5, 0.6) is 0 Å². The minimum Gasteiger partial charge on any atom is -0.497 e. The van der Waals surface area contributed by atoms with Gasteiger partial charge in [-0.1, -0.05) is 83.7 Å². The molecule has 39 heavy (non-hydrogen) atoms. The van der Waals surface area contributed by atoms with Crippen molar-refractivity contribution in [2.24, 2.45) is 46.3 Å². The normalized spacial score (nSPS) is 37.2. The fourth-order valence-corrected chi connectivity index (χ4v) is 10.6. The minimum absolute atomic E-state index is 0.0690. The van der Waals surface area contributed by atoms with Crippen LogP contribution < -0.4 is 0 Å². The van der Waals surface area contributed by atoms with Crippen molar-refractivity contribution in [1.82, 2.24) is 0 Å². The van der Waals surface area contributed by atoms with Crippen LogP contribution in [0.2, 0.25) is 0 Å². The van der Waals surface area contributed by atoms with Crippen LogP contribution in [0.4, 0.5) is 0 Å². The van der Waals surface area contributed by atoms with Gasteiger partial charge in [0.05, 0.1) is 16.6 Å². The molecule has 4 aliphatic rings. The maximum atomic E-state index is 12.6. The molecule has 5 rings (SSSR count). The Bertz CT molecular complexity index is 1150. The Morgan fingerprint density at radius 2 is 1.74 bits per heavy atom. The second-order valence-corrected chi connectivity index (χ2v) is 16.3. The Hall–Kier alpha value is -1.55. The van der Waals surface area contributed by atoms with Crippen molar-refractivity contribution in [3.05, 3.63) is 53.7 Å². The Labute approximate surface area is 238 Å². The predicted octanol–water partition coefficient (Wildman–Crippen LogP) is 9.36. The molecule has 0 aliphatic heterocycles. The van der Waals surface area contributed by atoms with E-state index in [9.17, 15) is 8.42 Å². The highest BCUT2D eigenvalue weighted by atomic mass is 32.2. The van der Waals surface area contributed by atoms with Crippen LogP contribution in [0.25, 0.3) is 0 Å². The van der Waals surface area contributed by atoms with Crippen molar-refractivity contribution in [3.63, 3.8) is 0 Å². The van der Waals surface area contributed by atoms with E-state index in [1.807, 2.05) is 6.07 Å². The SMILES string of the molecule is CC(C)CCC[C@@H](C)[C@H]1CC[C@H]2[C@@H]3CC=C4C[C@@H](O/C=C/S(=O)(=O)c5ccccc5)CC[C@]4(C)[C@H]3CC[C@]12C. The summed E-state index contributed by atoms with van der Waals surface area (Å²) in [5.41, 5.74) is 2.39. The van der Waals surface area contributed by atoms with Crippen LogP contribution in [-0.4, -0.2) is 14.5 Å². The molecule has 0 unspecified atom stereocenters. The Kier molecular flexibility index (Phi) is 8.45. The van der Waals surface area contributed by atoms with E-state index in [4.69, 9.17) is 4.74 Å². The van der Waals surface area contributed by atoms with Gasteiger partial charge in [0.2, 0.25) is 9.84 Å². The molecule has 0 N–H and O–H groups in total. The van der Waals surface area contributed by atoms with Crippen molar-refractivity contribution in [1.29, 1.82) is 0 Å². The summed E-state index contributed by atoms with van der Waals surface area (Å²) >= 11 is 0. The molecule has 0 radical (unpaired) electrons. The standard InChI is InChI=1S/C35H52O3S/c1-25(2)10-9-11-26(3)31-16-17-32-30-15-14-27-24-28(18-20-34(27,4)33(30)19-21-35(31,32)5)38-22-23-39(36,37)29-12-7-6-8-13-29/h6-8,12-14,22-23,25-26,28,30-33H,9-11,15-21,24H2,1-5H3/b23-22+/t26-,28+,30+,31-,32+,33+,34+,35-/m1/s1. The monoisotopic (exact) mass is 552 g/mol. The Morgan fingerprint density at radius 1 is 0.974 bits per heavy atom.